The van der Waals surface area contributed by atoms with Gasteiger partial charge >= 0.3 is 0 Å². The van der Waals surface area contributed by atoms with Gasteiger partial charge in [0.2, 0.25) is 0 Å². The number of nitrogens with two attached hydrogens (primary N) is 1. The Morgan fingerprint density at radius 2 is 2.37 bits per heavy atom. The topological polar surface area (TPSA) is 44.5 Å². The molecule has 0 amide bonds. The molecular weight excluding hydrogens is 326 g/mol. The number of halogens is 1. The first-order valence-corrected chi connectivity index (χ1v) is 8.56. The van der Waals surface area contributed by atoms with Crippen LogP contribution in [0, 0.1) is 0 Å². The lowest BCUT2D eigenvalue weighted by molar-refractivity contribution is -0.0958. The fourth-order valence-corrected chi connectivity index (χ4v) is 4.62. The van der Waals surface area contributed by atoms with Crippen LogP contribution in [-0.2, 0) is 4.74 Å². The molecule has 3 nitrogen and oxygen atoms in total. The summed E-state index contributed by atoms with van der Waals surface area (Å²) in [5.74, 6) is 3.07. The van der Waals surface area contributed by atoms with Gasteiger partial charge in [0.1, 0.15) is 6.10 Å². The van der Waals surface area contributed by atoms with Gasteiger partial charge in [0.15, 0.2) is 5.75 Å². The zero-order valence-corrected chi connectivity index (χ0v) is 13.1. The molecule has 1 aromatic rings. The van der Waals surface area contributed by atoms with E-state index in [1.54, 1.807) is 0 Å². The van der Waals surface area contributed by atoms with E-state index in [1.165, 1.54) is 5.75 Å². The molecule has 1 aromatic carbocycles. The van der Waals surface area contributed by atoms with E-state index >= 15 is 0 Å². The van der Waals surface area contributed by atoms with Gasteiger partial charge in [-0.3, -0.25) is 0 Å². The second-order valence-electron chi connectivity index (χ2n) is 5.22. The number of anilines is 1. The third kappa shape index (κ3) is 2.88. The summed E-state index contributed by atoms with van der Waals surface area (Å²) < 4.78 is 13.1. The first kappa shape index (κ1) is 13.6. The summed E-state index contributed by atoms with van der Waals surface area (Å²) in [6, 6.07) is 5.76. The summed E-state index contributed by atoms with van der Waals surface area (Å²) in [6.07, 6.45) is 3.25. The Labute approximate surface area is 126 Å². The largest absolute Gasteiger partial charge is 0.487 e. The van der Waals surface area contributed by atoms with Crippen molar-refractivity contribution in [2.24, 2.45) is 0 Å². The van der Waals surface area contributed by atoms with Gasteiger partial charge in [-0.25, -0.2) is 0 Å². The van der Waals surface area contributed by atoms with E-state index < -0.39 is 0 Å². The number of hydrogen-bond donors (Lipinski definition) is 1. The van der Waals surface area contributed by atoms with E-state index in [0.29, 0.717) is 5.69 Å². The molecule has 1 spiro atoms. The minimum atomic E-state index is 0.0452. The minimum Gasteiger partial charge on any atom is -0.487 e. The fraction of sp³-hybridized carbons (Fsp3) is 0.571. The van der Waals surface area contributed by atoms with Crippen molar-refractivity contribution in [3.63, 3.8) is 0 Å². The van der Waals surface area contributed by atoms with Gasteiger partial charge in [-0.2, -0.15) is 11.8 Å². The van der Waals surface area contributed by atoms with Crippen LogP contribution in [0.5, 0.6) is 5.75 Å². The zero-order valence-electron chi connectivity index (χ0n) is 10.7. The van der Waals surface area contributed by atoms with Gasteiger partial charge in [0.25, 0.3) is 0 Å². The Hall–Kier alpha value is -0.390. The van der Waals surface area contributed by atoms with Crippen LogP contribution < -0.4 is 10.5 Å². The molecule has 0 radical (unpaired) electrons. The van der Waals surface area contributed by atoms with Crippen LogP contribution >= 0.6 is 27.7 Å². The van der Waals surface area contributed by atoms with Gasteiger partial charge in [0.05, 0.1) is 22.4 Å². The Morgan fingerprint density at radius 1 is 1.47 bits per heavy atom. The highest BCUT2D eigenvalue weighted by Crippen LogP contribution is 2.40. The predicted molar refractivity (Wildman–Crippen MR) is 82.8 cm³/mol. The second kappa shape index (κ2) is 5.54. The molecule has 19 heavy (non-hydrogen) atoms. The van der Waals surface area contributed by atoms with Crippen molar-refractivity contribution in [3.05, 3.63) is 22.7 Å². The van der Waals surface area contributed by atoms with E-state index in [4.69, 9.17) is 15.2 Å². The third-order valence-electron chi connectivity index (χ3n) is 3.80. The molecule has 2 aliphatic rings. The summed E-state index contributed by atoms with van der Waals surface area (Å²) in [5.41, 5.74) is 6.73. The van der Waals surface area contributed by atoms with E-state index in [9.17, 15) is 0 Å². The number of ether oxygens (including phenoxy) is 2. The summed E-state index contributed by atoms with van der Waals surface area (Å²) in [7, 11) is 0. The van der Waals surface area contributed by atoms with Crippen LogP contribution in [0.15, 0.2) is 22.7 Å². The molecule has 0 bridgehead atoms. The minimum absolute atomic E-state index is 0.0452. The molecule has 3 rings (SSSR count). The number of rotatable bonds is 2. The van der Waals surface area contributed by atoms with Gasteiger partial charge in [-0.05, 0) is 40.2 Å². The van der Waals surface area contributed by atoms with Crippen LogP contribution in [0.2, 0.25) is 0 Å². The van der Waals surface area contributed by atoms with Crippen molar-refractivity contribution in [1.82, 2.24) is 0 Å². The molecule has 0 saturated carbocycles. The van der Waals surface area contributed by atoms with Crippen LogP contribution in [0.1, 0.15) is 19.3 Å². The van der Waals surface area contributed by atoms with Crippen molar-refractivity contribution in [2.75, 3.05) is 23.8 Å². The molecule has 2 fully saturated rings. The number of nitrogen functional groups attached to an aromatic ring is 1. The molecule has 2 atom stereocenters. The average molecular weight is 344 g/mol. The first-order chi connectivity index (χ1) is 9.19. The summed E-state index contributed by atoms with van der Waals surface area (Å²) in [5, 5.41) is 0. The van der Waals surface area contributed by atoms with Crippen molar-refractivity contribution in [2.45, 2.75) is 31.0 Å². The predicted octanol–water partition coefficient (Wildman–Crippen LogP) is 3.46. The van der Waals surface area contributed by atoms with Crippen LogP contribution in [0.25, 0.3) is 0 Å². The molecule has 2 aliphatic heterocycles. The maximum atomic E-state index is 6.14. The van der Waals surface area contributed by atoms with E-state index in [2.05, 4.69) is 15.9 Å². The summed E-state index contributed by atoms with van der Waals surface area (Å²) >= 11 is 5.49. The van der Waals surface area contributed by atoms with Crippen molar-refractivity contribution in [3.8, 4) is 5.75 Å². The van der Waals surface area contributed by atoms with E-state index in [-0.39, 0.29) is 11.7 Å². The van der Waals surface area contributed by atoms with Crippen LogP contribution in [0.4, 0.5) is 5.69 Å². The Kier molecular flexibility index (Phi) is 3.96. The van der Waals surface area contributed by atoms with Crippen molar-refractivity contribution in [1.29, 1.82) is 0 Å². The van der Waals surface area contributed by atoms with Crippen LogP contribution in [-0.4, -0.2) is 29.8 Å². The first-order valence-electron chi connectivity index (χ1n) is 6.61. The summed E-state index contributed by atoms with van der Waals surface area (Å²) in [6.45, 7) is 0.787. The lowest BCUT2D eigenvalue weighted by Crippen LogP contribution is -2.43. The number of hydrogen-bond acceptors (Lipinski definition) is 4. The van der Waals surface area contributed by atoms with E-state index in [0.717, 1.165) is 41.8 Å². The monoisotopic (exact) mass is 343 g/mol. The molecule has 5 heteroatoms. The maximum Gasteiger partial charge on any atom is 0.156 e. The van der Waals surface area contributed by atoms with Gasteiger partial charge in [0, 0.05) is 18.6 Å². The summed E-state index contributed by atoms with van der Waals surface area (Å²) in [4.78, 5) is 0. The Balaban J connectivity index is 1.73. The SMILES string of the molecule is Nc1cccc(Br)c1OC1CCOC2(CCSC2)C1. The lowest BCUT2D eigenvalue weighted by Gasteiger charge is -2.37. The lowest BCUT2D eigenvalue weighted by atomic mass is 9.91. The molecule has 2 saturated heterocycles. The normalized spacial score (nSPS) is 30.7. The highest BCUT2D eigenvalue weighted by molar-refractivity contribution is 9.10. The average Bonchev–Trinajstić information content (AvgIpc) is 2.82. The Morgan fingerprint density at radius 3 is 3.11 bits per heavy atom. The van der Waals surface area contributed by atoms with Crippen LogP contribution in [0.3, 0.4) is 0 Å². The van der Waals surface area contributed by atoms with Gasteiger partial charge < -0.3 is 15.2 Å². The number of para-hydroxylation sites is 1. The molecule has 2 heterocycles. The molecule has 0 aliphatic carbocycles. The third-order valence-corrected chi connectivity index (χ3v) is 5.64. The quantitative estimate of drug-likeness (QED) is 0.835. The molecule has 0 aromatic heterocycles. The van der Waals surface area contributed by atoms with E-state index in [1.807, 2.05) is 30.0 Å². The zero-order chi connectivity index (χ0) is 13.3. The van der Waals surface area contributed by atoms with Crippen molar-refractivity contribution >= 4 is 33.4 Å². The molecule has 2 unspecified atom stereocenters. The number of benzene rings is 1. The second-order valence-corrected chi connectivity index (χ2v) is 7.18. The molecular formula is C14H18BrNO2S. The highest BCUT2D eigenvalue weighted by Gasteiger charge is 2.41. The highest BCUT2D eigenvalue weighted by atomic mass is 79.9. The van der Waals surface area contributed by atoms with Crippen molar-refractivity contribution < 1.29 is 9.47 Å². The fourth-order valence-electron chi connectivity index (χ4n) is 2.76. The smallest absolute Gasteiger partial charge is 0.156 e. The Bertz CT molecular complexity index is 443. The molecule has 104 valence electrons. The van der Waals surface area contributed by atoms with Gasteiger partial charge in [-0.15, -0.1) is 0 Å². The molecule has 2 N–H and O–H groups in total. The number of thioether (sulfide) groups is 1. The standard InChI is InChI=1S/C14H18BrNO2S/c15-11-2-1-3-12(16)13(11)18-10-4-6-17-14(8-10)5-7-19-9-14/h1-3,10H,4-9,16H2. The van der Waals surface area contributed by atoms with Gasteiger partial charge in [-0.1, -0.05) is 6.07 Å². The maximum absolute atomic E-state index is 6.14.